The molecule has 0 fully saturated rings. The minimum atomic E-state index is -1.69. The van der Waals surface area contributed by atoms with E-state index >= 15 is 0 Å². The van der Waals surface area contributed by atoms with Gasteiger partial charge in [-0.05, 0) is 30.4 Å². The lowest BCUT2D eigenvalue weighted by molar-refractivity contribution is -0.144. The predicted octanol–water partition coefficient (Wildman–Crippen LogP) is -0.637. The zero-order valence-corrected chi connectivity index (χ0v) is 22.3. The second kappa shape index (κ2) is 14.6. The summed E-state index contributed by atoms with van der Waals surface area (Å²) < 4.78 is 0. The molecule has 0 spiro atoms. The van der Waals surface area contributed by atoms with E-state index in [1.807, 2.05) is 38.1 Å². The second-order valence-electron chi connectivity index (χ2n) is 9.92. The van der Waals surface area contributed by atoms with E-state index in [-0.39, 0.29) is 12.3 Å². The number of primary amides is 1. The molecule has 4 amide bonds. The SMILES string of the molecule is CC(C)CC(N)C(=O)NC(Cc1c[nH]c2ccccc12)C(=O)NC(CCC(=O)O)C(=O)NC(CC(N)=O)C(=O)O. The summed E-state index contributed by atoms with van der Waals surface area (Å²) in [4.78, 5) is 76.2. The number of aromatic amines is 1. The van der Waals surface area contributed by atoms with E-state index in [4.69, 9.17) is 16.6 Å². The van der Waals surface area contributed by atoms with Gasteiger partial charge in [0.1, 0.15) is 18.1 Å². The van der Waals surface area contributed by atoms with Crippen LogP contribution in [-0.2, 0) is 35.2 Å². The van der Waals surface area contributed by atoms with E-state index in [9.17, 15) is 33.9 Å². The van der Waals surface area contributed by atoms with Gasteiger partial charge in [0.15, 0.2) is 0 Å². The number of nitrogens with one attached hydrogen (secondary N) is 4. The number of carboxylic acid groups (broad SMARTS) is 2. The molecule has 4 unspecified atom stereocenters. The van der Waals surface area contributed by atoms with E-state index in [0.29, 0.717) is 12.0 Å². The Morgan fingerprint density at radius 1 is 0.900 bits per heavy atom. The summed E-state index contributed by atoms with van der Waals surface area (Å²) in [5.74, 6) is -6.13. The second-order valence-corrected chi connectivity index (χ2v) is 9.92. The number of aromatic nitrogens is 1. The van der Waals surface area contributed by atoms with E-state index in [1.54, 1.807) is 6.20 Å². The largest absolute Gasteiger partial charge is 0.481 e. The molecule has 0 aliphatic carbocycles. The third-order valence-corrected chi connectivity index (χ3v) is 6.09. The predicted molar refractivity (Wildman–Crippen MR) is 144 cm³/mol. The van der Waals surface area contributed by atoms with Gasteiger partial charge in [-0.1, -0.05) is 32.0 Å². The summed E-state index contributed by atoms with van der Waals surface area (Å²) in [7, 11) is 0. The Kier molecular flexibility index (Phi) is 11.6. The highest BCUT2D eigenvalue weighted by Crippen LogP contribution is 2.19. The number of fused-ring (bicyclic) bond motifs is 1. The number of aliphatic carboxylic acids is 2. The molecule has 10 N–H and O–H groups in total. The maximum Gasteiger partial charge on any atom is 0.326 e. The number of amides is 4. The van der Waals surface area contributed by atoms with E-state index in [2.05, 4.69) is 20.9 Å². The van der Waals surface area contributed by atoms with Crippen LogP contribution in [0.3, 0.4) is 0 Å². The van der Waals surface area contributed by atoms with E-state index < -0.39 is 79.0 Å². The van der Waals surface area contributed by atoms with Crippen molar-refractivity contribution in [2.75, 3.05) is 0 Å². The van der Waals surface area contributed by atoms with Gasteiger partial charge in [-0.3, -0.25) is 24.0 Å². The molecular formula is C26H36N6O8. The summed E-state index contributed by atoms with van der Waals surface area (Å²) in [5, 5.41) is 26.4. The Bertz CT molecular complexity index is 1240. The lowest BCUT2D eigenvalue weighted by atomic mass is 10.0. The van der Waals surface area contributed by atoms with Crippen LogP contribution in [0.4, 0.5) is 0 Å². The molecule has 1 heterocycles. The zero-order valence-electron chi connectivity index (χ0n) is 22.3. The van der Waals surface area contributed by atoms with Crippen LogP contribution in [0.2, 0.25) is 0 Å². The van der Waals surface area contributed by atoms with E-state index in [0.717, 1.165) is 10.9 Å². The Hall–Kier alpha value is -4.46. The number of carbonyl (C=O) groups excluding carboxylic acids is 4. The topological polar surface area (TPSA) is 247 Å². The Morgan fingerprint density at radius 2 is 1.50 bits per heavy atom. The molecule has 1 aromatic heterocycles. The quantitative estimate of drug-likeness (QED) is 0.130. The van der Waals surface area contributed by atoms with E-state index in [1.165, 1.54) is 0 Å². The van der Waals surface area contributed by atoms with Crippen molar-refractivity contribution >= 4 is 46.5 Å². The van der Waals surface area contributed by atoms with Gasteiger partial charge in [0, 0.05) is 29.9 Å². The van der Waals surface area contributed by atoms with Crippen molar-refractivity contribution < 1.29 is 39.0 Å². The molecule has 4 atom stereocenters. The highest BCUT2D eigenvalue weighted by Gasteiger charge is 2.31. The number of para-hydroxylation sites is 1. The van der Waals surface area contributed by atoms with Gasteiger partial charge in [0.05, 0.1) is 12.5 Å². The Labute approximate surface area is 230 Å². The molecule has 218 valence electrons. The molecule has 0 saturated heterocycles. The van der Waals surface area contributed by atoms with Crippen LogP contribution in [0.5, 0.6) is 0 Å². The van der Waals surface area contributed by atoms with Crippen LogP contribution >= 0.6 is 0 Å². The number of benzene rings is 1. The molecule has 0 aliphatic heterocycles. The van der Waals surface area contributed by atoms with Gasteiger partial charge in [-0.15, -0.1) is 0 Å². The summed E-state index contributed by atoms with van der Waals surface area (Å²) in [6, 6.07) is 1.99. The first kappa shape index (κ1) is 31.8. The van der Waals surface area contributed by atoms with Gasteiger partial charge >= 0.3 is 11.9 Å². The smallest absolute Gasteiger partial charge is 0.326 e. The summed E-state index contributed by atoms with van der Waals surface area (Å²) in [5.41, 5.74) is 12.5. The number of carbonyl (C=O) groups is 6. The van der Waals surface area contributed by atoms with Gasteiger partial charge in [0.25, 0.3) is 0 Å². The van der Waals surface area contributed by atoms with Crippen LogP contribution in [0.15, 0.2) is 30.5 Å². The lowest BCUT2D eigenvalue weighted by Crippen LogP contribution is -2.58. The maximum absolute atomic E-state index is 13.4. The van der Waals surface area contributed by atoms with Gasteiger partial charge < -0.3 is 42.6 Å². The van der Waals surface area contributed by atoms with Crippen molar-refractivity contribution in [2.45, 2.75) is 70.1 Å². The first-order valence-electron chi connectivity index (χ1n) is 12.7. The fourth-order valence-electron chi connectivity index (χ4n) is 4.11. The van der Waals surface area contributed by atoms with Crippen molar-refractivity contribution in [1.29, 1.82) is 0 Å². The minimum Gasteiger partial charge on any atom is -0.481 e. The molecule has 2 rings (SSSR count). The van der Waals surface area contributed by atoms with Crippen LogP contribution in [-0.4, -0.2) is 74.9 Å². The molecule has 0 radical (unpaired) electrons. The monoisotopic (exact) mass is 560 g/mol. The summed E-state index contributed by atoms with van der Waals surface area (Å²) in [6.45, 7) is 3.77. The number of hydrogen-bond acceptors (Lipinski definition) is 7. The fourth-order valence-corrected chi connectivity index (χ4v) is 4.11. The van der Waals surface area contributed by atoms with Crippen molar-refractivity contribution in [1.82, 2.24) is 20.9 Å². The van der Waals surface area contributed by atoms with Crippen molar-refractivity contribution in [3.05, 3.63) is 36.0 Å². The summed E-state index contributed by atoms with van der Waals surface area (Å²) in [6.07, 6.45) is 0.395. The van der Waals surface area contributed by atoms with Crippen LogP contribution in [0.1, 0.15) is 45.1 Å². The minimum absolute atomic E-state index is 0.00266. The molecule has 14 nitrogen and oxygen atoms in total. The molecule has 0 saturated carbocycles. The normalized spacial score (nSPS) is 14.1. The van der Waals surface area contributed by atoms with Crippen LogP contribution in [0.25, 0.3) is 10.9 Å². The molecule has 2 aromatic rings. The standard InChI is InChI=1S/C26H36N6O8/c1-13(2)9-16(27)23(36)31-19(10-14-12-29-17-6-4-3-5-15(14)17)25(38)30-18(7-8-22(34)35)24(37)32-20(26(39)40)11-21(28)33/h3-6,12-13,16,18-20,29H,7-11,27H2,1-2H3,(H2,28,33)(H,30,38)(H,31,36)(H,32,37)(H,34,35)(H,39,40). The maximum atomic E-state index is 13.4. The number of nitrogens with two attached hydrogens (primary N) is 2. The molecule has 0 bridgehead atoms. The highest BCUT2D eigenvalue weighted by molar-refractivity contribution is 5.95. The van der Waals surface area contributed by atoms with Gasteiger partial charge in [0.2, 0.25) is 23.6 Å². The third kappa shape index (κ3) is 9.69. The molecule has 40 heavy (non-hydrogen) atoms. The third-order valence-electron chi connectivity index (χ3n) is 6.09. The summed E-state index contributed by atoms with van der Waals surface area (Å²) >= 11 is 0. The molecule has 1 aromatic carbocycles. The van der Waals surface area contributed by atoms with Crippen molar-refractivity contribution in [2.24, 2.45) is 17.4 Å². The molecule has 14 heteroatoms. The molecule has 0 aliphatic rings. The number of H-pyrrole nitrogens is 1. The van der Waals surface area contributed by atoms with Crippen molar-refractivity contribution in [3.63, 3.8) is 0 Å². The first-order chi connectivity index (χ1) is 18.8. The number of carboxylic acids is 2. The van der Waals surface area contributed by atoms with Gasteiger partial charge in [-0.25, -0.2) is 4.79 Å². The first-order valence-corrected chi connectivity index (χ1v) is 12.7. The Balaban J connectivity index is 2.32. The van der Waals surface area contributed by atoms with Gasteiger partial charge in [-0.2, -0.15) is 0 Å². The Morgan fingerprint density at radius 3 is 2.10 bits per heavy atom. The number of hydrogen-bond donors (Lipinski definition) is 8. The van der Waals surface area contributed by atoms with Crippen LogP contribution in [0, 0.1) is 5.92 Å². The zero-order chi connectivity index (χ0) is 30.0. The highest BCUT2D eigenvalue weighted by atomic mass is 16.4. The molecular weight excluding hydrogens is 524 g/mol. The number of rotatable bonds is 16. The average Bonchev–Trinajstić information content (AvgIpc) is 3.27. The average molecular weight is 561 g/mol. The lowest BCUT2D eigenvalue weighted by Gasteiger charge is -2.25. The fraction of sp³-hybridized carbons (Fsp3) is 0.462. The van der Waals surface area contributed by atoms with Crippen molar-refractivity contribution in [3.8, 4) is 0 Å². The van der Waals surface area contributed by atoms with Crippen LogP contribution < -0.4 is 27.4 Å².